The first-order chi connectivity index (χ1) is 13.4. The number of carbonyl (C=O) groups is 3. The molecule has 3 N–H and O–H groups in total. The Hall–Kier alpha value is -2.37. The van der Waals surface area contributed by atoms with Gasteiger partial charge < -0.3 is 15.3 Å². The summed E-state index contributed by atoms with van der Waals surface area (Å²) in [5.74, 6) is -4.38. The lowest BCUT2D eigenvalue weighted by Gasteiger charge is -2.12. The van der Waals surface area contributed by atoms with E-state index in [2.05, 4.69) is 6.92 Å². The highest BCUT2D eigenvalue weighted by atomic mass is 16.4. The van der Waals surface area contributed by atoms with Crippen molar-refractivity contribution in [2.24, 2.45) is 0 Å². The third kappa shape index (κ3) is 7.71. The highest BCUT2D eigenvalue weighted by molar-refractivity contribution is 6.09. The van der Waals surface area contributed by atoms with Gasteiger partial charge in [0.25, 0.3) is 0 Å². The van der Waals surface area contributed by atoms with Gasteiger partial charge in [0.1, 0.15) is 0 Å². The van der Waals surface area contributed by atoms with E-state index in [0.717, 1.165) is 25.7 Å². The third-order valence-electron chi connectivity index (χ3n) is 5.00. The SMILES string of the molecule is CCCCCCCCCCCCCc1ccc(C(=O)O)c(C(=O)O)c1C(=O)O. The Morgan fingerprint density at radius 2 is 1.11 bits per heavy atom. The van der Waals surface area contributed by atoms with Crippen molar-refractivity contribution in [1.29, 1.82) is 0 Å². The van der Waals surface area contributed by atoms with Crippen LogP contribution in [0.3, 0.4) is 0 Å². The molecule has 0 atom stereocenters. The molecule has 0 radical (unpaired) electrons. The molecule has 0 bridgehead atoms. The quantitative estimate of drug-likeness (QED) is 0.333. The predicted molar refractivity (Wildman–Crippen MR) is 107 cm³/mol. The Labute approximate surface area is 166 Å². The van der Waals surface area contributed by atoms with E-state index in [0.29, 0.717) is 12.0 Å². The minimum Gasteiger partial charge on any atom is -0.478 e. The van der Waals surface area contributed by atoms with Crippen LogP contribution in [0.1, 0.15) is 114 Å². The van der Waals surface area contributed by atoms with Crippen LogP contribution < -0.4 is 0 Å². The van der Waals surface area contributed by atoms with Crippen LogP contribution >= 0.6 is 0 Å². The molecule has 1 rings (SSSR count). The van der Waals surface area contributed by atoms with Crippen LogP contribution in [0.15, 0.2) is 12.1 Å². The summed E-state index contributed by atoms with van der Waals surface area (Å²) in [5, 5.41) is 27.9. The molecule has 0 aliphatic rings. The maximum atomic E-state index is 11.6. The van der Waals surface area contributed by atoms with E-state index in [-0.39, 0.29) is 0 Å². The molecule has 6 nitrogen and oxygen atoms in total. The molecule has 0 saturated heterocycles. The summed E-state index contributed by atoms with van der Waals surface area (Å²) >= 11 is 0. The highest BCUT2D eigenvalue weighted by Gasteiger charge is 2.26. The molecular weight excluding hydrogens is 360 g/mol. The zero-order chi connectivity index (χ0) is 20.9. The molecule has 1 aromatic rings. The van der Waals surface area contributed by atoms with Crippen LogP contribution in [0.25, 0.3) is 0 Å². The fourth-order valence-electron chi connectivity index (χ4n) is 3.48. The first kappa shape index (κ1) is 23.7. The Kier molecular flexibility index (Phi) is 10.9. The van der Waals surface area contributed by atoms with Gasteiger partial charge in [-0.25, -0.2) is 14.4 Å². The van der Waals surface area contributed by atoms with Crippen LogP contribution in [0.4, 0.5) is 0 Å². The minimum atomic E-state index is -1.53. The molecular formula is C22H32O6. The summed E-state index contributed by atoms with van der Waals surface area (Å²) in [6, 6.07) is 2.61. The number of aromatic carboxylic acids is 3. The summed E-state index contributed by atoms with van der Waals surface area (Å²) in [7, 11) is 0. The Balaban J connectivity index is 2.50. The number of hydrogen-bond acceptors (Lipinski definition) is 3. The number of carboxylic acid groups (broad SMARTS) is 3. The van der Waals surface area contributed by atoms with E-state index < -0.39 is 34.6 Å². The fourth-order valence-corrected chi connectivity index (χ4v) is 3.48. The number of rotatable bonds is 15. The van der Waals surface area contributed by atoms with Crippen molar-refractivity contribution in [1.82, 2.24) is 0 Å². The Morgan fingerprint density at radius 1 is 0.643 bits per heavy atom. The van der Waals surface area contributed by atoms with Crippen LogP contribution in [-0.4, -0.2) is 33.2 Å². The second-order valence-electron chi connectivity index (χ2n) is 7.22. The van der Waals surface area contributed by atoms with Gasteiger partial charge >= 0.3 is 17.9 Å². The van der Waals surface area contributed by atoms with Gasteiger partial charge in [0.05, 0.1) is 16.7 Å². The lowest BCUT2D eigenvalue weighted by molar-refractivity contribution is 0.0632. The molecule has 156 valence electrons. The van der Waals surface area contributed by atoms with Crippen LogP contribution in [0.5, 0.6) is 0 Å². The number of unbranched alkanes of at least 4 members (excludes halogenated alkanes) is 10. The molecule has 0 amide bonds. The molecule has 0 aliphatic heterocycles. The third-order valence-corrected chi connectivity index (χ3v) is 5.00. The summed E-state index contributed by atoms with van der Waals surface area (Å²) in [6.07, 6.45) is 13.3. The summed E-state index contributed by atoms with van der Waals surface area (Å²) < 4.78 is 0. The van der Waals surface area contributed by atoms with Gasteiger partial charge in [-0.05, 0) is 24.5 Å². The number of hydrogen-bond donors (Lipinski definition) is 3. The van der Waals surface area contributed by atoms with Gasteiger partial charge in [0, 0.05) is 0 Å². The molecule has 0 heterocycles. The monoisotopic (exact) mass is 392 g/mol. The Bertz CT molecular complexity index is 665. The van der Waals surface area contributed by atoms with Gasteiger partial charge in [0.15, 0.2) is 0 Å². The maximum absolute atomic E-state index is 11.6. The van der Waals surface area contributed by atoms with Crippen LogP contribution in [-0.2, 0) is 6.42 Å². The fraction of sp³-hybridized carbons (Fsp3) is 0.591. The van der Waals surface area contributed by atoms with Crippen LogP contribution in [0, 0.1) is 0 Å². The van der Waals surface area contributed by atoms with Crippen molar-refractivity contribution in [3.63, 3.8) is 0 Å². The van der Waals surface area contributed by atoms with E-state index in [9.17, 15) is 24.6 Å². The lowest BCUT2D eigenvalue weighted by atomic mass is 9.92. The number of carboxylic acids is 3. The summed E-state index contributed by atoms with van der Waals surface area (Å²) in [6.45, 7) is 2.21. The Morgan fingerprint density at radius 3 is 1.54 bits per heavy atom. The van der Waals surface area contributed by atoms with E-state index in [1.165, 1.54) is 57.1 Å². The minimum absolute atomic E-state index is 0.380. The van der Waals surface area contributed by atoms with Crippen molar-refractivity contribution in [3.05, 3.63) is 34.4 Å². The van der Waals surface area contributed by atoms with E-state index in [4.69, 9.17) is 5.11 Å². The molecule has 28 heavy (non-hydrogen) atoms. The summed E-state index contributed by atoms with van der Waals surface area (Å²) in [4.78, 5) is 34.2. The van der Waals surface area contributed by atoms with Gasteiger partial charge in [-0.2, -0.15) is 0 Å². The second-order valence-corrected chi connectivity index (χ2v) is 7.22. The molecule has 0 aromatic heterocycles. The van der Waals surface area contributed by atoms with Crippen molar-refractivity contribution >= 4 is 17.9 Å². The summed E-state index contributed by atoms with van der Waals surface area (Å²) in [5.41, 5.74) is -1.15. The molecule has 0 aliphatic carbocycles. The van der Waals surface area contributed by atoms with Gasteiger partial charge in [0.2, 0.25) is 0 Å². The lowest BCUT2D eigenvalue weighted by Crippen LogP contribution is -2.17. The number of benzene rings is 1. The molecule has 6 heteroatoms. The molecule has 0 unspecified atom stereocenters. The van der Waals surface area contributed by atoms with Gasteiger partial charge in [-0.3, -0.25) is 0 Å². The molecule has 0 saturated carbocycles. The predicted octanol–water partition coefficient (Wildman–Crippen LogP) is 5.63. The average molecular weight is 392 g/mol. The maximum Gasteiger partial charge on any atom is 0.337 e. The molecule has 1 aromatic carbocycles. The van der Waals surface area contributed by atoms with E-state index >= 15 is 0 Å². The number of aryl methyl sites for hydroxylation is 1. The smallest absolute Gasteiger partial charge is 0.337 e. The van der Waals surface area contributed by atoms with Gasteiger partial charge in [-0.15, -0.1) is 0 Å². The second kappa shape index (κ2) is 12.9. The van der Waals surface area contributed by atoms with E-state index in [1.54, 1.807) is 0 Å². The largest absolute Gasteiger partial charge is 0.478 e. The highest BCUT2D eigenvalue weighted by Crippen LogP contribution is 2.23. The van der Waals surface area contributed by atoms with Crippen molar-refractivity contribution in [3.8, 4) is 0 Å². The first-order valence-corrected chi connectivity index (χ1v) is 10.3. The van der Waals surface area contributed by atoms with Crippen molar-refractivity contribution < 1.29 is 29.7 Å². The zero-order valence-electron chi connectivity index (χ0n) is 16.7. The average Bonchev–Trinajstić information content (AvgIpc) is 2.64. The molecule has 0 fully saturated rings. The van der Waals surface area contributed by atoms with Crippen molar-refractivity contribution in [2.45, 2.75) is 84.0 Å². The van der Waals surface area contributed by atoms with Crippen molar-refractivity contribution in [2.75, 3.05) is 0 Å². The standard InChI is InChI=1S/C22H32O6/c1-2-3-4-5-6-7-8-9-10-11-12-13-16-14-15-17(20(23)24)19(22(27)28)18(16)21(25)26/h14-15H,2-13H2,1H3,(H,23,24)(H,25,26)(H,27,28). The first-order valence-electron chi connectivity index (χ1n) is 10.3. The van der Waals surface area contributed by atoms with E-state index in [1.807, 2.05) is 0 Å². The zero-order valence-corrected chi connectivity index (χ0v) is 16.7. The molecule has 0 spiro atoms. The van der Waals surface area contributed by atoms with Crippen LogP contribution in [0.2, 0.25) is 0 Å². The normalized spacial score (nSPS) is 10.8. The topological polar surface area (TPSA) is 112 Å². The van der Waals surface area contributed by atoms with Gasteiger partial charge in [-0.1, -0.05) is 77.2 Å².